The summed E-state index contributed by atoms with van der Waals surface area (Å²) in [5, 5.41) is 12.0. The number of aliphatic carboxylic acids is 1. The summed E-state index contributed by atoms with van der Waals surface area (Å²) in [7, 11) is 1.52. The standard InChI is InChI=1S/C10H13N3O3/c1-16-8-4-7(12-6-13-8)11-5-10(2-3-10)9(14)15/h4,6H,2-3,5H2,1H3,(H,14,15)(H,11,12,13). The van der Waals surface area contributed by atoms with Gasteiger partial charge in [-0.15, -0.1) is 0 Å². The SMILES string of the molecule is COc1cc(NCC2(C(=O)O)CC2)ncn1. The molecule has 1 aliphatic rings. The summed E-state index contributed by atoms with van der Waals surface area (Å²) in [5.74, 6) is 0.290. The van der Waals surface area contributed by atoms with Crippen LogP contribution in [0.15, 0.2) is 12.4 Å². The highest BCUT2D eigenvalue weighted by molar-refractivity contribution is 5.78. The van der Waals surface area contributed by atoms with E-state index >= 15 is 0 Å². The van der Waals surface area contributed by atoms with Gasteiger partial charge in [-0.05, 0) is 12.8 Å². The maximum atomic E-state index is 10.9. The van der Waals surface area contributed by atoms with Crippen molar-refractivity contribution in [2.24, 2.45) is 5.41 Å². The molecule has 0 atom stereocenters. The summed E-state index contributed by atoms with van der Waals surface area (Å²) in [6, 6.07) is 1.64. The molecule has 0 aromatic carbocycles. The Balaban J connectivity index is 1.97. The normalized spacial score (nSPS) is 16.6. The number of carbonyl (C=O) groups is 1. The first-order valence-electron chi connectivity index (χ1n) is 5.00. The number of ether oxygens (including phenoxy) is 1. The van der Waals surface area contributed by atoms with Crippen LogP contribution >= 0.6 is 0 Å². The van der Waals surface area contributed by atoms with E-state index < -0.39 is 11.4 Å². The Hall–Kier alpha value is -1.85. The summed E-state index contributed by atoms with van der Waals surface area (Å²) in [6.07, 6.45) is 2.82. The Morgan fingerprint density at radius 1 is 1.62 bits per heavy atom. The van der Waals surface area contributed by atoms with Gasteiger partial charge in [0, 0.05) is 12.6 Å². The van der Waals surface area contributed by atoms with Gasteiger partial charge in [-0.2, -0.15) is 0 Å². The van der Waals surface area contributed by atoms with Crippen LogP contribution < -0.4 is 10.1 Å². The van der Waals surface area contributed by atoms with Gasteiger partial charge in [0.25, 0.3) is 0 Å². The zero-order valence-corrected chi connectivity index (χ0v) is 8.93. The maximum absolute atomic E-state index is 10.9. The minimum Gasteiger partial charge on any atom is -0.481 e. The van der Waals surface area contributed by atoms with Crippen LogP contribution in [0.25, 0.3) is 0 Å². The first kappa shape index (κ1) is 10.7. The second kappa shape index (κ2) is 3.96. The second-order valence-corrected chi connectivity index (χ2v) is 3.88. The third-order valence-corrected chi connectivity index (χ3v) is 2.77. The Morgan fingerprint density at radius 2 is 2.38 bits per heavy atom. The summed E-state index contributed by atoms with van der Waals surface area (Å²) in [4.78, 5) is 18.8. The van der Waals surface area contributed by atoms with Gasteiger partial charge in [0.05, 0.1) is 12.5 Å². The van der Waals surface area contributed by atoms with Crippen molar-refractivity contribution in [3.8, 4) is 5.88 Å². The first-order valence-corrected chi connectivity index (χ1v) is 5.00. The highest BCUT2D eigenvalue weighted by Gasteiger charge is 2.50. The maximum Gasteiger partial charge on any atom is 0.311 e. The molecule has 2 N–H and O–H groups in total. The van der Waals surface area contributed by atoms with E-state index in [0.717, 1.165) is 12.8 Å². The molecule has 2 rings (SSSR count). The predicted molar refractivity (Wildman–Crippen MR) is 56.4 cm³/mol. The second-order valence-electron chi connectivity index (χ2n) is 3.88. The van der Waals surface area contributed by atoms with E-state index in [1.807, 2.05) is 0 Å². The molecular weight excluding hydrogens is 210 g/mol. The third-order valence-electron chi connectivity index (χ3n) is 2.77. The zero-order chi connectivity index (χ0) is 11.6. The van der Waals surface area contributed by atoms with Gasteiger partial charge in [-0.25, -0.2) is 9.97 Å². The number of nitrogens with one attached hydrogen (secondary N) is 1. The van der Waals surface area contributed by atoms with Crippen LogP contribution in [0.4, 0.5) is 5.82 Å². The molecule has 1 aromatic rings. The number of carboxylic acids is 1. The van der Waals surface area contributed by atoms with E-state index in [-0.39, 0.29) is 0 Å². The monoisotopic (exact) mass is 223 g/mol. The van der Waals surface area contributed by atoms with Gasteiger partial charge in [-0.3, -0.25) is 4.79 Å². The fourth-order valence-corrected chi connectivity index (χ4v) is 1.42. The lowest BCUT2D eigenvalue weighted by Gasteiger charge is -2.11. The molecule has 0 aliphatic heterocycles. The minimum absolute atomic E-state index is 0.391. The van der Waals surface area contributed by atoms with Gasteiger partial charge >= 0.3 is 5.97 Å². The van der Waals surface area contributed by atoms with Crippen molar-refractivity contribution in [3.63, 3.8) is 0 Å². The van der Waals surface area contributed by atoms with E-state index in [9.17, 15) is 4.79 Å². The molecule has 0 unspecified atom stereocenters. The Kier molecular flexibility index (Phi) is 2.64. The molecule has 1 fully saturated rings. The van der Waals surface area contributed by atoms with Crippen LogP contribution in [0.3, 0.4) is 0 Å². The average molecular weight is 223 g/mol. The van der Waals surface area contributed by atoms with Crippen molar-refractivity contribution >= 4 is 11.8 Å². The van der Waals surface area contributed by atoms with Gasteiger partial charge in [0.2, 0.25) is 5.88 Å². The van der Waals surface area contributed by atoms with Gasteiger partial charge in [0.1, 0.15) is 12.1 Å². The summed E-state index contributed by atoms with van der Waals surface area (Å²) in [6.45, 7) is 0.391. The largest absolute Gasteiger partial charge is 0.481 e. The number of anilines is 1. The highest BCUT2D eigenvalue weighted by atomic mass is 16.5. The number of methoxy groups -OCH3 is 1. The summed E-state index contributed by atoms with van der Waals surface area (Å²) < 4.78 is 4.94. The number of aromatic nitrogens is 2. The Labute approximate surface area is 92.7 Å². The van der Waals surface area contributed by atoms with Crippen LogP contribution in [0.2, 0.25) is 0 Å². The zero-order valence-electron chi connectivity index (χ0n) is 8.93. The van der Waals surface area contributed by atoms with Crippen molar-refractivity contribution in [1.29, 1.82) is 0 Å². The van der Waals surface area contributed by atoms with Crippen molar-refractivity contribution < 1.29 is 14.6 Å². The molecule has 16 heavy (non-hydrogen) atoms. The molecule has 1 heterocycles. The minimum atomic E-state index is -0.749. The summed E-state index contributed by atoms with van der Waals surface area (Å²) in [5.41, 5.74) is -0.599. The number of rotatable bonds is 5. The molecule has 0 spiro atoms. The smallest absolute Gasteiger partial charge is 0.311 e. The van der Waals surface area contributed by atoms with Gasteiger partial charge < -0.3 is 15.2 Å². The van der Waals surface area contributed by atoms with Crippen LogP contribution in [0.1, 0.15) is 12.8 Å². The molecule has 0 radical (unpaired) electrons. The Bertz CT molecular complexity index is 404. The number of hydrogen-bond donors (Lipinski definition) is 2. The van der Waals surface area contributed by atoms with E-state index in [1.165, 1.54) is 13.4 Å². The van der Waals surface area contributed by atoms with E-state index in [1.54, 1.807) is 6.07 Å². The molecular formula is C10H13N3O3. The molecule has 1 saturated carbocycles. The lowest BCUT2D eigenvalue weighted by Crippen LogP contribution is -2.24. The van der Waals surface area contributed by atoms with E-state index in [2.05, 4.69) is 15.3 Å². The van der Waals surface area contributed by atoms with Crippen LogP contribution in [-0.2, 0) is 4.79 Å². The fourth-order valence-electron chi connectivity index (χ4n) is 1.42. The Morgan fingerprint density at radius 3 is 2.94 bits per heavy atom. The molecule has 0 saturated heterocycles. The van der Waals surface area contributed by atoms with Crippen molar-refractivity contribution in [3.05, 3.63) is 12.4 Å². The molecule has 1 aromatic heterocycles. The molecule has 86 valence electrons. The van der Waals surface area contributed by atoms with Gasteiger partial charge in [0.15, 0.2) is 0 Å². The fraction of sp³-hybridized carbons (Fsp3) is 0.500. The lowest BCUT2D eigenvalue weighted by molar-refractivity contribution is -0.142. The van der Waals surface area contributed by atoms with Crippen LogP contribution in [-0.4, -0.2) is 34.7 Å². The quantitative estimate of drug-likeness (QED) is 0.766. The van der Waals surface area contributed by atoms with Gasteiger partial charge in [-0.1, -0.05) is 0 Å². The predicted octanol–water partition coefficient (Wildman–Crippen LogP) is 0.762. The van der Waals surface area contributed by atoms with Crippen LogP contribution in [0.5, 0.6) is 5.88 Å². The topological polar surface area (TPSA) is 84.3 Å². The average Bonchev–Trinajstić information content (AvgIpc) is 3.08. The van der Waals surface area contributed by atoms with E-state index in [0.29, 0.717) is 18.2 Å². The third kappa shape index (κ3) is 2.05. The molecule has 6 heteroatoms. The van der Waals surface area contributed by atoms with Crippen molar-refractivity contribution in [1.82, 2.24) is 9.97 Å². The number of nitrogens with zero attached hydrogens (tertiary/aromatic N) is 2. The lowest BCUT2D eigenvalue weighted by atomic mass is 10.1. The number of carboxylic acid groups (broad SMARTS) is 1. The number of hydrogen-bond acceptors (Lipinski definition) is 5. The van der Waals surface area contributed by atoms with Crippen LogP contribution in [0, 0.1) is 5.41 Å². The van der Waals surface area contributed by atoms with Crippen molar-refractivity contribution in [2.45, 2.75) is 12.8 Å². The first-order chi connectivity index (χ1) is 7.66. The molecule has 1 aliphatic carbocycles. The highest BCUT2D eigenvalue weighted by Crippen LogP contribution is 2.45. The molecule has 6 nitrogen and oxygen atoms in total. The van der Waals surface area contributed by atoms with Crippen molar-refractivity contribution in [2.75, 3.05) is 19.0 Å². The molecule has 0 amide bonds. The van der Waals surface area contributed by atoms with E-state index in [4.69, 9.17) is 9.84 Å². The summed E-state index contributed by atoms with van der Waals surface area (Å²) >= 11 is 0. The molecule has 0 bridgehead atoms.